The molecule has 0 spiro atoms. The minimum Gasteiger partial charge on any atom is -0.476 e. The van der Waals surface area contributed by atoms with Gasteiger partial charge in [-0.2, -0.15) is 0 Å². The Morgan fingerprint density at radius 1 is 1.63 bits per heavy atom. The van der Waals surface area contributed by atoms with Crippen LogP contribution in [0.4, 0.5) is 0 Å². The number of hydrogen-bond donors (Lipinski definition) is 2. The summed E-state index contributed by atoms with van der Waals surface area (Å²) in [4.78, 5) is 28.6. The SMILES string of the molecule is CCN1CCC(CNC(=O)c2nc(C(=O)O)cs2)C1. The number of carbonyl (C=O) groups is 2. The number of amides is 1. The van der Waals surface area contributed by atoms with E-state index in [9.17, 15) is 9.59 Å². The van der Waals surface area contributed by atoms with Crippen molar-refractivity contribution >= 4 is 23.2 Å². The summed E-state index contributed by atoms with van der Waals surface area (Å²) in [7, 11) is 0. The number of thiazole rings is 1. The molecule has 7 heteroatoms. The summed E-state index contributed by atoms with van der Waals surface area (Å²) < 4.78 is 0. The van der Waals surface area contributed by atoms with Crippen LogP contribution in [0.3, 0.4) is 0 Å². The highest BCUT2D eigenvalue weighted by molar-refractivity contribution is 7.11. The molecule has 1 unspecified atom stereocenters. The topological polar surface area (TPSA) is 82.5 Å². The molecule has 2 rings (SSSR count). The van der Waals surface area contributed by atoms with Gasteiger partial charge in [0.05, 0.1) is 0 Å². The maximum Gasteiger partial charge on any atom is 0.355 e. The molecule has 104 valence electrons. The minimum atomic E-state index is -1.11. The maximum atomic E-state index is 11.8. The van der Waals surface area contributed by atoms with Crippen LogP contribution in [0.25, 0.3) is 0 Å². The third-order valence-corrected chi connectivity index (χ3v) is 4.13. The third-order valence-electron chi connectivity index (χ3n) is 3.29. The first-order chi connectivity index (χ1) is 9.10. The Morgan fingerprint density at radius 3 is 3.00 bits per heavy atom. The number of aromatic carboxylic acids is 1. The fraction of sp³-hybridized carbons (Fsp3) is 0.583. The Bertz CT molecular complexity index is 475. The van der Waals surface area contributed by atoms with E-state index in [0.717, 1.165) is 37.4 Å². The zero-order valence-corrected chi connectivity index (χ0v) is 11.6. The molecule has 19 heavy (non-hydrogen) atoms. The molecule has 1 aromatic rings. The summed E-state index contributed by atoms with van der Waals surface area (Å²) in [6.45, 7) is 5.88. The second-order valence-electron chi connectivity index (χ2n) is 4.60. The van der Waals surface area contributed by atoms with E-state index >= 15 is 0 Å². The summed E-state index contributed by atoms with van der Waals surface area (Å²) >= 11 is 1.06. The van der Waals surface area contributed by atoms with Crippen molar-refractivity contribution in [2.45, 2.75) is 13.3 Å². The van der Waals surface area contributed by atoms with Gasteiger partial charge in [-0.25, -0.2) is 9.78 Å². The van der Waals surface area contributed by atoms with Gasteiger partial charge in [-0.3, -0.25) is 4.79 Å². The van der Waals surface area contributed by atoms with Gasteiger partial charge in [-0.15, -0.1) is 11.3 Å². The second-order valence-corrected chi connectivity index (χ2v) is 5.46. The summed E-state index contributed by atoms with van der Waals surface area (Å²) in [5.41, 5.74) is -0.0758. The van der Waals surface area contributed by atoms with Crippen molar-refractivity contribution in [2.75, 3.05) is 26.2 Å². The van der Waals surface area contributed by atoms with E-state index < -0.39 is 5.97 Å². The van der Waals surface area contributed by atoms with Crippen molar-refractivity contribution in [1.82, 2.24) is 15.2 Å². The van der Waals surface area contributed by atoms with Gasteiger partial charge in [0, 0.05) is 18.5 Å². The number of carboxylic acid groups (broad SMARTS) is 1. The van der Waals surface area contributed by atoms with Crippen LogP contribution < -0.4 is 5.32 Å². The number of nitrogens with one attached hydrogen (secondary N) is 1. The second kappa shape index (κ2) is 6.12. The third kappa shape index (κ3) is 3.51. The lowest BCUT2D eigenvalue weighted by Gasteiger charge is -2.13. The molecule has 1 fully saturated rings. The van der Waals surface area contributed by atoms with Crippen molar-refractivity contribution in [3.63, 3.8) is 0 Å². The van der Waals surface area contributed by atoms with Crippen LogP contribution in [0.5, 0.6) is 0 Å². The smallest absolute Gasteiger partial charge is 0.355 e. The van der Waals surface area contributed by atoms with Gasteiger partial charge in [0.2, 0.25) is 0 Å². The molecule has 0 bridgehead atoms. The van der Waals surface area contributed by atoms with Crippen LogP contribution in [0.15, 0.2) is 5.38 Å². The molecule has 0 aliphatic carbocycles. The molecule has 2 N–H and O–H groups in total. The predicted molar refractivity (Wildman–Crippen MR) is 71.6 cm³/mol. The van der Waals surface area contributed by atoms with E-state index in [1.165, 1.54) is 5.38 Å². The molecule has 1 aliphatic rings. The lowest BCUT2D eigenvalue weighted by atomic mass is 10.1. The largest absolute Gasteiger partial charge is 0.476 e. The van der Waals surface area contributed by atoms with Gasteiger partial charge in [0.25, 0.3) is 5.91 Å². The summed E-state index contributed by atoms with van der Waals surface area (Å²) in [6, 6.07) is 0. The number of carbonyl (C=O) groups excluding carboxylic acids is 1. The quantitative estimate of drug-likeness (QED) is 0.839. The number of likely N-dealkylation sites (tertiary alicyclic amines) is 1. The standard InChI is InChI=1S/C12H17N3O3S/c1-2-15-4-3-8(6-15)5-13-10(16)11-14-9(7-19-11)12(17)18/h7-8H,2-6H2,1H3,(H,13,16)(H,17,18). The summed E-state index contributed by atoms with van der Waals surface area (Å²) in [6.07, 6.45) is 1.09. The van der Waals surface area contributed by atoms with Gasteiger partial charge in [0.15, 0.2) is 10.7 Å². The molecule has 1 saturated heterocycles. The minimum absolute atomic E-state index is 0.0758. The van der Waals surface area contributed by atoms with E-state index in [0.29, 0.717) is 12.5 Å². The van der Waals surface area contributed by atoms with Gasteiger partial charge < -0.3 is 15.3 Å². The molecule has 0 radical (unpaired) electrons. The molecule has 0 saturated carbocycles. The number of nitrogens with zero attached hydrogens (tertiary/aromatic N) is 2. The van der Waals surface area contributed by atoms with Gasteiger partial charge in [-0.1, -0.05) is 6.92 Å². The first kappa shape index (κ1) is 14.0. The van der Waals surface area contributed by atoms with Gasteiger partial charge in [0.1, 0.15) is 0 Å². The highest BCUT2D eigenvalue weighted by atomic mass is 32.1. The van der Waals surface area contributed by atoms with E-state index in [1.807, 2.05) is 0 Å². The van der Waals surface area contributed by atoms with Crippen LogP contribution in [0.1, 0.15) is 33.6 Å². The maximum absolute atomic E-state index is 11.8. The average molecular weight is 283 g/mol. The van der Waals surface area contributed by atoms with Crippen molar-refractivity contribution in [2.24, 2.45) is 5.92 Å². The lowest BCUT2D eigenvalue weighted by molar-refractivity contribution is 0.0691. The molecule has 1 atom stereocenters. The number of rotatable bonds is 5. The Hall–Kier alpha value is -1.47. The number of aromatic nitrogens is 1. The predicted octanol–water partition coefficient (Wildman–Crippen LogP) is 0.913. The first-order valence-corrected chi connectivity index (χ1v) is 7.17. The fourth-order valence-electron chi connectivity index (χ4n) is 2.16. The average Bonchev–Trinajstić information content (AvgIpc) is 3.04. The highest BCUT2D eigenvalue weighted by Crippen LogP contribution is 2.15. The van der Waals surface area contributed by atoms with Crippen molar-refractivity contribution < 1.29 is 14.7 Å². The normalized spacial score (nSPS) is 19.5. The summed E-state index contributed by atoms with van der Waals surface area (Å²) in [5.74, 6) is -0.917. The van der Waals surface area contributed by atoms with E-state index in [4.69, 9.17) is 5.11 Å². The zero-order valence-electron chi connectivity index (χ0n) is 10.8. The molecular formula is C12H17N3O3S. The highest BCUT2D eigenvalue weighted by Gasteiger charge is 2.22. The monoisotopic (exact) mass is 283 g/mol. The van der Waals surface area contributed by atoms with E-state index in [2.05, 4.69) is 22.1 Å². The number of carboxylic acids is 1. The Morgan fingerprint density at radius 2 is 2.42 bits per heavy atom. The van der Waals surface area contributed by atoms with Crippen molar-refractivity contribution in [1.29, 1.82) is 0 Å². The molecule has 6 nitrogen and oxygen atoms in total. The Labute approximate surface area is 115 Å². The molecular weight excluding hydrogens is 266 g/mol. The summed E-state index contributed by atoms with van der Waals surface area (Å²) in [5, 5.41) is 13.2. The zero-order chi connectivity index (χ0) is 13.8. The van der Waals surface area contributed by atoms with Crippen molar-refractivity contribution in [3.05, 3.63) is 16.1 Å². The van der Waals surface area contributed by atoms with E-state index in [-0.39, 0.29) is 16.6 Å². The molecule has 0 aromatic carbocycles. The molecule has 2 heterocycles. The molecule has 1 amide bonds. The van der Waals surface area contributed by atoms with Crippen LogP contribution in [-0.2, 0) is 0 Å². The first-order valence-electron chi connectivity index (χ1n) is 6.29. The Kier molecular flexibility index (Phi) is 4.49. The van der Waals surface area contributed by atoms with Crippen LogP contribution in [0.2, 0.25) is 0 Å². The van der Waals surface area contributed by atoms with Gasteiger partial charge >= 0.3 is 5.97 Å². The van der Waals surface area contributed by atoms with Crippen molar-refractivity contribution in [3.8, 4) is 0 Å². The molecule has 1 aromatic heterocycles. The van der Waals surface area contributed by atoms with Crippen LogP contribution in [-0.4, -0.2) is 53.0 Å². The number of hydrogen-bond acceptors (Lipinski definition) is 5. The van der Waals surface area contributed by atoms with Gasteiger partial charge in [-0.05, 0) is 25.4 Å². The van der Waals surface area contributed by atoms with E-state index in [1.54, 1.807) is 0 Å². The lowest BCUT2D eigenvalue weighted by Crippen LogP contribution is -2.31. The molecule has 1 aliphatic heterocycles. The Balaban J connectivity index is 1.82. The van der Waals surface area contributed by atoms with Crippen LogP contribution in [0, 0.1) is 5.92 Å². The van der Waals surface area contributed by atoms with Crippen LogP contribution >= 0.6 is 11.3 Å². The fourth-order valence-corrected chi connectivity index (χ4v) is 2.86.